The van der Waals surface area contributed by atoms with Gasteiger partial charge in [0.25, 0.3) is 0 Å². The molecule has 2 aromatic heterocycles. The van der Waals surface area contributed by atoms with Crippen LogP contribution in [0.15, 0.2) is 67.1 Å². The van der Waals surface area contributed by atoms with Crippen LogP contribution in [0.5, 0.6) is 0 Å². The Bertz CT molecular complexity index is 1330. The molecular formula is C26H25N5O2. The lowest BCUT2D eigenvalue weighted by Gasteiger charge is -2.33. The summed E-state index contributed by atoms with van der Waals surface area (Å²) in [7, 11) is 0. The van der Waals surface area contributed by atoms with Gasteiger partial charge in [0, 0.05) is 59.6 Å². The van der Waals surface area contributed by atoms with E-state index in [2.05, 4.69) is 15.0 Å². The molecule has 1 unspecified atom stereocenters. The van der Waals surface area contributed by atoms with Crippen LogP contribution in [-0.2, 0) is 11.2 Å². The summed E-state index contributed by atoms with van der Waals surface area (Å²) in [4.78, 5) is 39.2. The van der Waals surface area contributed by atoms with E-state index < -0.39 is 5.91 Å². The van der Waals surface area contributed by atoms with E-state index in [0.717, 1.165) is 52.8 Å². The minimum Gasteiger partial charge on any atom is -0.366 e. The van der Waals surface area contributed by atoms with Gasteiger partial charge in [0.15, 0.2) is 0 Å². The second-order valence-corrected chi connectivity index (χ2v) is 8.45. The smallest absolute Gasteiger partial charge is 0.248 e. The van der Waals surface area contributed by atoms with Crippen molar-refractivity contribution in [2.45, 2.75) is 25.2 Å². The highest BCUT2D eigenvalue weighted by Crippen LogP contribution is 2.32. The molecule has 0 bridgehead atoms. The van der Waals surface area contributed by atoms with Crippen LogP contribution in [0.25, 0.3) is 22.2 Å². The minimum atomic E-state index is -0.478. The number of H-pyrrole nitrogens is 1. The van der Waals surface area contributed by atoms with E-state index in [0.29, 0.717) is 18.5 Å². The summed E-state index contributed by atoms with van der Waals surface area (Å²) >= 11 is 0. The molecule has 33 heavy (non-hydrogen) atoms. The Hall–Kier alpha value is -4.00. The van der Waals surface area contributed by atoms with Crippen LogP contribution in [0.1, 0.15) is 40.4 Å². The first-order valence-electron chi connectivity index (χ1n) is 11.1. The number of primary amides is 1. The van der Waals surface area contributed by atoms with E-state index in [-0.39, 0.29) is 11.8 Å². The van der Waals surface area contributed by atoms with Crippen molar-refractivity contribution in [3.63, 3.8) is 0 Å². The average Bonchev–Trinajstić information content (AvgIpc) is 3.27. The number of para-hydroxylation sites is 1. The molecule has 0 spiro atoms. The lowest BCUT2D eigenvalue weighted by molar-refractivity contribution is -0.131. The van der Waals surface area contributed by atoms with Crippen molar-refractivity contribution in [3.8, 4) is 11.3 Å². The normalized spacial score (nSPS) is 16.1. The Balaban J connectivity index is 1.38. The third kappa shape index (κ3) is 4.22. The van der Waals surface area contributed by atoms with Gasteiger partial charge in [0.2, 0.25) is 11.8 Å². The van der Waals surface area contributed by atoms with Crippen molar-refractivity contribution in [2.24, 2.45) is 5.73 Å². The van der Waals surface area contributed by atoms with Crippen molar-refractivity contribution in [2.75, 3.05) is 13.1 Å². The van der Waals surface area contributed by atoms with Crippen LogP contribution in [0.3, 0.4) is 0 Å². The largest absolute Gasteiger partial charge is 0.366 e. The number of hydrogen-bond donors (Lipinski definition) is 2. The van der Waals surface area contributed by atoms with E-state index >= 15 is 0 Å². The van der Waals surface area contributed by atoms with E-state index in [1.807, 2.05) is 41.4 Å². The Morgan fingerprint density at radius 3 is 2.82 bits per heavy atom. The number of piperidine rings is 1. The summed E-state index contributed by atoms with van der Waals surface area (Å²) in [6.45, 7) is 1.34. The number of carbonyl (C=O) groups is 2. The minimum absolute atomic E-state index is 0.0756. The lowest BCUT2D eigenvalue weighted by Crippen LogP contribution is -2.40. The zero-order chi connectivity index (χ0) is 22.8. The summed E-state index contributed by atoms with van der Waals surface area (Å²) < 4.78 is 0. The van der Waals surface area contributed by atoms with Gasteiger partial charge in [-0.05, 0) is 36.6 Å². The standard InChI is InChI=1S/C26H25N5O2/c27-26(33)18-6-3-5-17(13-18)24-25(29-11-10-28-24)19-7-4-12-31(16-19)23(32)14-20-15-30-22-9-2-1-8-21(20)22/h1-3,5-6,8-11,13,15,19,30H,4,7,12,14,16H2,(H2,27,33). The fraction of sp³-hybridized carbons (Fsp3) is 0.231. The van der Waals surface area contributed by atoms with Crippen LogP contribution < -0.4 is 5.73 Å². The molecule has 0 aliphatic carbocycles. The van der Waals surface area contributed by atoms with Crippen LogP contribution >= 0.6 is 0 Å². The highest BCUT2D eigenvalue weighted by Gasteiger charge is 2.28. The maximum absolute atomic E-state index is 13.2. The number of nitrogens with two attached hydrogens (primary N) is 1. The molecule has 1 saturated heterocycles. The third-order valence-electron chi connectivity index (χ3n) is 6.32. The maximum atomic E-state index is 13.2. The van der Waals surface area contributed by atoms with Gasteiger partial charge in [-0.25, -0.2) is 0 Å². The van der Waals surface area contributed by atoms with Gasteiger partial charge in [-0.1, -0.05) is 30.3 Å². The number of benzene rings is 2. The average molecular weight is 440 g/mol. The predicted octanol–water partition coefficient (Wildman–Crippen LogP) is 3.67. The zero-order valence-electron chi connectivity index (χ0n) is 18.2. The monoisotopic (exact) mass is 439 g/mol. The van der Waals surface area contributed by atoms with Gasteiger partial charge in [0.1, 0.15) is 0 Å². The van der Waals surface area contributed by atoms with E-state index in [4.69, 9.17) is 5.73 Å². The quantitative estimate of drug-likeness (QED) is 0.495. The summed E-state index contributed by atoms with van der Waals surface area (Å²) in [5, 5.41) is 1.09. The first-order chi connectivity index (χ1) is 16.1. The number of aromatic nitrogens is 3. The molecule has 5 rings (SSSR count). The molecule has 0 saturated carbocycles. The van der Waals surface area contributed by atoms with Crippen molar-refractivity contribution < 1.29 is 9.59 Å². The van der Waals surface area contributed by atoms with Crippen LogP contribution in [0.2, 0.25) is 0 Å². The fourth-order valence-electron chi connectivity index (χ4n) is 4.67. The molecule has 1 atom stereocenters. The van der Waals surface area contributed by atoms with Crippen LogP contribution in [-0.4, -0.2) is 44.8 Å². The molecule has 3 heterocycles. The summed E-state index contributed by atoms with van der Waals surface area (Å²) in [5.41, 5.74) is 10.3. The van der Waals surface area contributed by atoms with Gasteiger partial charge in [0.05, 0.1) is 17.8 Å². The predicted molar refractivity (Wildman–Crippen MR) is 127 cm³/mol. The lowest BCUT2D eigenvalue weighted by atomic mass is 9.91. The Morgan fingerprint density at radius 1 is 1.09 bits per heavy atom. The summed E-state index contributed by atoms with van der Waals surface area (Å²) in [5.74, 6) is -0.286. The molecule has 7 nitrogen and oxygen atoms in total. The van der Waals surface area contributed by atoms with Crippen molar-refractivity contribution in [1.82, 2.24) is 19.9 Å². The van der Waals surface area contributed by atoms with Gasteiger partial charge in [-0.3, -0.25) is 19.6 Å². The number of amides is 2. The van der Waals surface area contributed by atoms with E-state index in [1.165, 1.54) is 0 Å². The number of nitrogens with zero attached hydrogens (tertiary/aromatic N) is 3. The van der Waals surface area contributed by atoms with E-state index in [9.17, 15) is 9.59 Å². The van der Waals surface area contributed by atoms with Gasteiger partial charge in [-0.15, -0.1) is 0 Å². The second-order valence-electron chi connectivity index (χ2n) is 8.45. The molecular weight excluding hydrogens is 414 g/mol. The third-order valence-corrected chi connectivity index (χ3v) is 6.32. The Kier molecular flexibility index (Phi) is 5.60. The molecule has 1 aliphatic rings. The highest BCUT2D eigenvalue weighted by atomic mass is 16.2. The van der Waals surface area contributed by atoms with Crippen molar-refractivity contribution >= 4 is 22.7 Å². The number of carbonyl (C=O) groups excluding carboxylic acids is 2. The summed E-state index contributed by atoms with van der Waals surface area (Å²) in [6, 6.07) is 15.2. The Morgan fingerprint density at radius 2 is 1.94 bits per heavy atom. The van der Waals surface area contributed by atoms with Crippen LogP contribution in [0, 0.1) is 0 Å². The second kappa shape index (κ2) is 8.86. The van der Waals surface area contributed by atoms with Crippen molar-refractivity contribution in [3.05, 3.63) is 83.9 Å². The molecule has 7 heteroatoms. The highest BCUT2D eigenvalue weighted by molar-refractivity contribution is 5.94. The number of rotatable bonds is 5. The fourth-order valence-corrected chi connectivity index (χ4v) is 4.67. The van der Waals surface area contributed by atoms with Crippen molar-refractivity contribution in [1.29, 1.82) is 0 Å². The SMILES string of the molecule is NC(=O)c1cccc(-c2nccnc2C2CCCN(C(=O)Cc3c[nH]c4ccccc34)C2)c1. The van der Waals surface area contributed by atoms with Gasteiger partial charge < -0.3 is 15.6 Å². The number of hydrogen-bond acceptors (Lipinski definition) is 4. The number of fused-ring (bicyclic) bond motifs is 1. The molecule has 2 amide bonds. The topological polar surface area (TPSA) is 105 Å². The molecule has 1 fully saturated rings. The number of likely N-dealkylation sites (tertiary alicyclic amines) is 1. The maximum Gasteiger partial charge on any atom is 0.248 e. The zero-order valence-corrected chi connectivity index (χ0v) is 18.2. The molecule has 3 N–H and O–H groups in total. The van der Waals surface area contributed by atoms with Gasteiger partial charge in [-0.2, -0.15) is 0 Å². The van der Waals surface area contributed by atoms with Gasteiger partial charge >= 0.3 is 0 Å². The molecule has 166 valence electrons. The number of nitrogens with one attached hydrogen (secondary N) is 1. The molecule has 4 aromatic rings. The first kappa shape index (κ1) is 20.9. The molecule has 1 aliphatic heterocycles. The summed E-state index contributed by atoms with van der Waals surface area (Å²) in [6.07, 6.45) is 7.46. The van der Waals surface area contributed by atoms with Crippen LogP contribution in [0.4, 0.5) is 0 Å². The Labute approximate surface area is 191 Å². The molecule has 0 radical (unpaired) electrons. The number of aromatic amines is 1. The van der Waals surface area contributed by atoms with E-state index in [1.54, 1.807) is 30.6 Å². The molecule has 2 aromatic carbocycles. The first-order valence-corrected chi connectivity index (χ1v) is 11.1.